The zero-order valence-electron chi connectivity index (χ0n) is 15.2. The Kier molecular flexibility index (Phi) is 4.74. The molecule has 0 N–H and O–H groups in total. The monoisotopic (exact) mass is 342 g/mol. The molecule has 0 saturated carbocycles. The van der Waals surface area contributed by atoms with E-state index in [4.69, 9.17) is 0 Å². The number of fused-ring (bicyclic) bond motifs is 1. The molecule has 0 bridgehead atoms. The fourth-order valence-corrected chi connectivity index (χ4v) is 3.03. The van der Waals surface area contributed by atoms with E-state index in [1.54, 1.807) is 0 Å². The summed E-state index contributed by atoms with van der Waals surface area (Å²) in [4.78, 5) is 0. The molecule has 0 saturated heterocycles. The summed E-state index contributed by atoms with van der Waals surface area (Å²) in [5.41, 5.74) is 5.35. The Morgan fingerprint density at radius 3 is 1.78 bits per heavy atom. The second-order valence-corrected chi connectivity index (χ2v) is 6.41. The lowest BCUT2D eigenvalue weighted by Crippen LogP contribution is -1.87. The summed E-state index contributed by atoms with van der Waals surface area (Å²) in [6, 6.07) is 30.7. The second-order valence-electron chi connectivity index (χ2n) is 6.41. The maximum absolute atomic E-state index is 3.30. The Hall–Kier alpha value is -3.74. The summed E-state index contributed by atoms with van der Waals surface area (Å²) < 4.78 is 0. The van der Waals surface area contributed by atoms with Gasteiger partial charge >= 0.3 is 0 Å². The van der Waals surface area contributed by atoms with Crippen LogP contribution >= 0.6 is 0 Å². The highest BCUT2D eigenvalue weighted by molar-refractivity contribution is 5.88. The average Bonchev–Trinajstić information content (AvgIpc) is 2.73. The fraction of sp³-hybridized carbons (Fsp3) is 0.0370. The zero-order chi connectivity index (χ0) is 18.5. The van der Waals surface area contributed by atoms with Crippen LogP contribution in [0.5, 0.6) is 0 Å². The van der Waals surface area contributed by atoms with E-state index in [2.05, 4.69) is 60.9 Å². The maximum atomic E-state index is 3.30. The van der Waals surface area contributed by atoms with E-state index in [1.165, 1.54) is 16.3 Å². The zero-order valence-corrected chi connectivity index (χ0v) is 15.2. The molecule has 0 heterocycles. The average molecular weight is 342 g/mol. The minimum atomic E-state index is 1.02. The first kappa shape index (κ1) is 16.7. The van der Waals surface area contributed by atoms with Crippen molar-refractivity contribution in [3.8, 4) is 23.7 Å². The van der Waals surface area contributed by atoms with Crippen LogP contribution in [0.3, 0.4) is 0 Å². The van der Waals surface area contributed by atoms with Crippen molar-refractivity contribution >= 4 is 10.8 Å². The summed E-state index contributed by atoms with van der Waals surface area (Å²) >= 11 is 0. The fourth-order valence-electron chi connectivity index (χ4n) is 3.03. The minimum absolute atomic E-state index is 1.02. The highest BCUT2D eigenvalue weighted by Crippen LogP contribution is 2.22. The lowest BCUT2D eigenvalue weighted by Gasteiger charge is -2.05. The van der Waals surface area contributed by atoms with Gasteiger partial charge in [0.1, 0.15) is 0 Å². The van der Waals surface area contributed by atoms with Gasteiger partial charge in [-0.05, 0) is 65.7 Å². The van der Waals surface area contributed by atoms with E-state index in [1.807, 2.05) is 60.7 Å². The van der Waals surface area contributed by atoms with Crippen molar-refractivity contribution in [2.45, 2.75) is 6.92 Å². The van der Waals surface area contributed by atoms with Crippen LogP contribution in [0.25, 0.3) is 10.8 Å². The van der Waals surface area contributed by atoms with E-state index in [9.17, 15) is 0 Å². The number of rotatable bonds is 0. The smallest absolute Gasteiger partial charge is 0.0284 e. The van der Waals surface area contributed by atoms with Crippen LogP contribution in [0.1, 0.15) is 27.8 Å². The van der Waals surface area contributed by atoms with Gasteiger partial charge in [0.25, 0.3) is 0 Å². The van der Waals surface area contributed by atoms with Gasteiger partial charge in [-0.1, -0.05) is 72.2 Å². The molecule has 0 aliphatic carbocycles. The Labute approximate surface area is 160 Å². The molecule has 0 aliphatic rings. The van der Waals surface area contributed by atoms with Crippen molar-refractivity contribution in [2.24, 2.45) is 0 Å². The standard InChI is InChI=1S/C27H18/c1-21-25(16-14-23-10-6-3-7-11-23)17-18-26-20-24(15-19-27(21)26)13-12-22-8-4-2-5-9-22/h2-11,15,17-20H,1H3. The Morgan fingerprint density at radius 1 is 0.519 bits per heavy atom. The lowest BCUT2D eigenvalue weighted by atomic mass is 9.98. The van der Waals surface area contributed by atoms with E-state index in [0.717, 1.165) is 22.3 Å². The Morgan fingerprint density at radius 2 is 1.11 bits per heavy atom. The SMILES string of the molecule is Cc1c(C#Cc2ccccc2)ccc2cc(C#Cc3ccccc3)ccc12. The van der Waals surface area contributed by atoms with Crippen molar-refractivity contribution in [1.29, 1.82) is 0 Å². The first-order valence-corrected chi connectivity index (χ1v) is 8.97. The summed E-state index contributed by atoms with van der Waals surface area (Å²) in [5, 5.41) is 2.41. The summed E-state index contributed by atoms with van der Waals surface area (Å²) in [6.45, 7) is 2.13. The molecular formula is C27H18. The quantitative estimate of drug-likeness (QED) is 0.347. The molecule has 0 atom stereocenters. The van der Waals surface area contributed by atoms with E-state index in [-0.39, 0.29) is 0 Å². The largest absolute Gasteiger partial charge is 0.0622 e. The Bertz CT molecular complexity index is 1210. The Balaban J connectivity index is 1.67. The van der Waals surface area contributed by atoms with Gasteiger partial charge in [-0.2, -0.15) is 0 Å². The van der Waals surface area contributed by atoms with Crippen LogP contribution in [0.2, 0.25) is 0 Å². The van der Waals surface area contributed by atoms with Gasteiger partial charge in [-0.25, -0.2) is 0 Å². The molecule has 0 heteroatoms. The number of aryl methyl sites for hydroxylation is 1. The van der Waals surface area contributed by atoms with Gasteiger partial charge < -0.3 is 0 Å². The van der Waals surface area contributed by atoms with Crippen LogP contribution in [0.15, 0.2) is 91.0 Å². The molecule has 27 heavy (non-hydrogen) atoms. The van der Waals surface area contributed by atoms with E-state index >= 15 is 0 Å². The molecule has 0 aromatic heterocycles. The highest BCUT2D eigenvalue weighted by atomic mass is 14.1. The van der Waals surface area contributed by atoms with E-state index < -0.39 is 0 Å². The van der Waals surface area contributed by atoms with Crippen molar-refractivity contribution in [3.63, 3.8) is 0 Å². The van der Waals surface area contributed by atoms with Crippen molar-refractivity contribution in [1.82, 2.24) is 0 Å². The maximum Gasteiger partial charge on any atom is 0.0284 e. The normalized spacial score (nSPS) is 9.81. The number of hydrogen-bond acceptors (Lipinski definition) is 0. The first-order valence-electron chi connectivity index (χ1n) is 8.97. The molecule has 0 fully saturated rings. The predicted molar refractivity (Wildman–Crippen MR) is 114 cm³/mol. The van der Waals surface area contributed by atoms with Crippen molar-refractivity contribution in [3.05, 3.63) is 119 Å². The van der Waals surface area contributed by atoms with Crippen LogP contribution in [-0.4, -0.2) is 0 Å². The summed E-state index contributed by atoms with van der Waals surface area (Å²) in [7, 11) is 0. The molecular weight excluding hydrogens is 324 g/mol. The third kappa shape index (κ3) is 3.92. The molecule has 4 aromatic rings. The molecule has 0 spiro atoms. The van der Waals surface area contributed by atoms with Gasteiger partial charge in [-0.15, -0.1) is 0 Å². The summed E-state index contributed by atoms with van der Waals surface area (Å²) in [5.74, 6) is 13.0. The van der Waals surface area contributed by atoms with Gasteiger partial charge in [0.2, 0.25) is 0 Å². The van der Waals surface area contributed by atoms with Crippen LogP contribution < -0.4 is 0 Å². The molecule has 0 nitrogen and oxygen atoms in total. The topological polar surface area (TPSA) is 0 Å². The first-order chi connectivity index (χ1) is 13.3. The van der Waals surface area contributed by atoms with Crippen LogP contribution in [0, 0.1) is 30.6 Å². The molecule has 126 valence electrons. The third-order valence-corrected chi connectivity index (χ3v) is 4.53. The summed E-state index contributed by atoms with van der Waals surface area (Å²) in [6.07, 6.45) is 0. The van der Waals surface area contributed by atoms with E-state index in [0.29, 0.717) is 0 Å². The van der Waals surface area contributed by atoms with Crippen LogP contribution in [0.4, 0.5) is 0 Å². The lowest BCUT2D eigenvalue weighted by molar-refractivity contribution is 1.48. The van der Waals surface area contributed by atoms with Crippen LogP contribution in [-0.2, 0) is 0 Å². The minimum Gasteiger partial charge on any atom is -0.0622 e. The number of benzene rings is 4. The predicted octanol–water partition coefficient (Wildman–Crippen LogP) is 5.95. The molecule has 0 unspecified atom stereocenters. The van der Waals surface area contributed by atoms with Gasteiger partial charge in [0.05, 0.1) is 0 Å². The van der Waals surface area contributed by atoms with Crippen molar-refractivity contribution < 1.29 is 0 Å². The van der Waals surface area contributed by atoms with Crippen molar-refractivity contribution in [2.75, 3.05) is 0 Å². The second kappa shape index (κ2) is 7.65. The third-order valence-electron chi connectivity index (χ3n) is 4.53. The number of hydrogen-bond donors (Lipinski definition) is 0. The molecule has 4 rings (SSSR count). The van der Waals surface area contributed by atoms with Gasteiger partial charge in [0.15, 0.2) is 0 Å². The molecule has 0 amide bonds. The molecule has 0 aliphatic heterocycles. The van der Waals surface area contributed by atoms with Gasteiger partial charge in [0, 0.05) is 22.3 Å². The molecule has 4 aromatic carbocycles. The molecule has 0 radical (unpaired) electrons. The van der Waals surface area contributed by atoms with Gasteiger partial charge in [-0.3, -0.25) is 0 Å². The highest BCUT2D eigenvalue weighted by Gasteiger charge is 2.02.